The molecule has 4 rings (SSSR count). The highest BCUT2D eigenvalue weighted by molar-refractivity contribution is 5.98. The third-order valence-corrected chi connectivity index (χ3v) is 6.25. The quantitative estimate of drug-likeness (QED) is 0.320. The SMILES string of the molecule is CCCCCCOc1ccc(-c2nnc(-c3cc(OC)c(OC)cc3NC(=O)[C@@H]3C[C@H]3C)o2)cc1. The van der Waals surface area contributed by atoms with Crippen molar-refractivity contribution in [3.63, 3.8) is 0 Å². The average Bonchev–Trinajstić information content (AvgIpc) is 3.41. The smallest absolute Gasteiger partial charge is 0.250 e. The first-order valence-electron chi connectivity index (χ1n) is 12.2. The summed E-state index contributed by atoms with van der Waals surface area (Å²) in [5.41, 5.74) is 1.88. The molecule has 1 aliphatic carbocycles. The number of hydrogen-bond donors (Lipinski definition) is 1. The molecular weight excluding hydrogens is 446 g/mol. The summed E-state index contributed by atoms with van der Waals surface area (Å²) in [4.78, 5) is 12.6. The summed E-state index contributed by atoms with van der Waals surface area (Å²) in [6.45, 7) is 4.96. The molecule has 0 bridgehead atoms. The molecule has 0 radical (unpaired) electrons. The lowest BCUT2D eigenvalue weighted by Crippen LogP contribution is -2.15. The van der Waals surface area contributed by atoms with Gasteiger partial charge in [0.15, 0.2) is 11.5 Å². The lowest BCUT2D eigenvalue weighted by Gasteiger charge is -2.14. The van der Waals surface area contributed by atoms with Crippen LogP contribution in [0.2, 0.25) is 0 Å². The molecule has 1 fully saturated rings. The van der Waals surface area contributed by atoms with E-state index in [0.717, 1.165) is 24.2 Å². The van der Waals surface area contributed by atoms with E-state index in [1.54, 1.807) is 26.4 Å². The summed E-state index contributed by atoms with van der Waals surface area (Å²) in [5.74, 6) is 2.83. The van der Waals surface area contributed by atoms with Crippen molar-refractivity contribution >= 4 is 11.6 Å². The topological polar surface area (TPSA) is 95.7 Å². The van der Waals surface area contributed by atoms with Gasteiger partial charge in [0, 0.05) is 17.5 Å². The first kappa shape index (κ1) is 24.6. The Balaban J connectivity index is 1.53. The van der Waals surface area contributed by atoms with Crippen molar-refractivity contribution in [2.24, 2.45) is 11.8 Å². The Hall–Kier alpha value is -3.55. The highest BCUT2D eigenvalue weighted by Crippen LogP contribution is 2.42. The van der Waals surface area contributed by atoms with Crippen LogP contribution in [0.4, 0.5) is 5.69 Å². The summed E-state index contributed by atoms with van der Waals surface area (Å²) in [6.07, 6.45) is 5.55. The molecule has 1 N–H and O–H groups in total. The second-order valence-electron chi connectivity index (χ2n) is 8.91. The van der Waals surface area contributed by atoms with Crippen LogP contribution in [0.15, 0.2) is 40.8 Å². The summed E-state index contributed by atoms with van der Waals surface area (Å²) in [7, 11) is 3.11. The molecule has 2 atom stereocenters. The highest BCUT2D eigenvalue weighted by atomic mass is 16.5. The van der Waals surface area contributed by atoms with Crippen molar-refractivity contribution < 1.29 is 23.4 Å². The van der Waals surface area contributed by atoms with Gasteiger partial charge in [-0.2, -0.15) is 0 Å². The van der Waals surface area contributed by atoms with E-state index in [4.69, 9.17) is 18.6 Å². The van der Waals surface area contributed by atoms with Gasteiger partial charge in [-0.1, -0.05) is 33.1 Å². The Morgan fingerprint density at radius 3 is 2.37 bits per heavy atom. The number of rotatable bonds is 12. The van der Waals surface area contributed by atoms with E-state index in [-0.39, 0.29) is 17.7 Å². The molecule has 8 heteroatoms. The zero-order valence-electron chi connectivity index (χ0n) is 20.8. The van der Waals surface area contributed by atoms with Gasteiger partial charge in [-0.15, -0.1) is 10.2 Å². The number of ether oxygens (including phenoxy) is 3. The molecule has 186 valence electrons. The normalized spacial score (nSPS) is 16.6. The van der Waals surface area contributed by atoms with E-state index >= 15 is 0 Å². The number of anilines is 1. The first-order valence-corrected chi connectivity index (χ1v) is 12.2. The maximum absolute atomic E-state index is 12.6. The van der Waals surface area contributed by atoms with Gasteiger partial charge >= 0.3 is 0 Å². The van der Waals surface area contributed by atoms with Crippen molar-refractivity contribution in [1.82, 2.24) is 10.2 Å². The minimum absolute atomic E-state index is 0.0153. The van der Waals surface area contributed by atoms with Gasteiger partial charge in [-0.3, -0.25) is 4.79 Å². The van der Waals surface area contributed by atoms with Gasteiger partial charge in [0.1, 0.15) is 5.75 Å². The fourth-order valence-electron chi connectivity index (χ4n) is 3.93. The molecule has 8 nitrogen and oxygen atoms in total. The summed E-state index contributed by atoms with van der Waals surface area (Å²) >= 11 is 0. The number of carbonyl (C=O) groups is 1. The van der Waals surface area contributed by atoms with E-state index in [0.29, 0.717) is 41.2 Å². The number of unbranched alkanes of at least 4 members (excludes halogenated alkanes) is 3. The minimum atomic E-state index is -0.0315. The van der Waals surface area contributed by atoms with Crippen molar-refractivity contribution in [2.45, 2.75) is 46.0 Å². The van der Waals surface area contributed by atoms with Gasteiger partial charge in [-0.25, -0.2) is 0 Å². The van der Waals surface area contributed by atoms with Crippen LogP contribution in [0.3, 0.4) is 0 Å². The Kier molecular flexibility index (Phi) is 7.90. The highest BCUT2D eigenvalue weighted by Gasteiger charge is 2.39. The second kappa shape index (κ2) is 11.3. The molecule has 0 aliphatic heterocycles. The Labute approximate surface area is 206 Å². The fraction of sp³-hybridized carbons (Fsp3) is 0.444. The van der Waals surface area contributed by atoms with E-state index in [1.807, 2.05) is 24.3 Å². The molecule has 1 amide bonds. The van der Waals surface area contributed by atoms with Crippen molar-refractivity contribution in [3.05, 3.63) is 36.4 Å². The lowest BCUT2D eigenvalue weighted by atomic mass is 10.1. The zero-order chi connectivity index (χ0) is 24.8. The largest absolute Gasteiger partial charge is 0.494 e. The molecule has 0 saturated heterocycles. The fourth-order valence-corrected chi connectivity index (χ4v) is 3.93. The third-order valence-electron chi connectivity index (χ3n) is 6.25. The molecule has 0 spiro atoms. The second-order valence-corrected chi connectivity index (χ2v) is 8.91. The van der Waals surface area contributed by atoms with E-state index in [9.17, 15) is 4.79 Å². The number of methoxy groups -OCH3 is 2. The summed E-state index contributed by atoms with van der Waals surface area (Å²) in [6, 6.07) is 11.0. The van der Waals surface area contributed by atoms with Gasteiger partial charge in [-0.05, 0) is 49.1 Å². The van der Waals surface area contributed by atoms with E-state index < -0.39 is 0 Å². The molecule has 1 aliphatic rings. The molecule has 35 heavy (non-hydrogen) atoms. The molecule has 1 heterocycles. The first-order chi connectivity index (χ1) is 17.0. The van der Waals surface area contributed by atoms with Gasteiger partial charge in [0.05, 0.1) is 32.1 Å². The van der Waals surface area contributed by atoms with Crippen LogP contribution in [0.25, 0.3) is 22.9 Å². The molecule has 1 aromatic heterocycles. The van der Waals surface area contributed by atoms with Crippen LogP contribution in [-0.4, -0.2) is 36.9 Å². The number of nitrogens with one attached hydrogen (secondary N) is 1. The van der Waals surface area contributed by atoms with E-state index in [2.05, 4.69) is 29.4 Å². The predicted octanol–water partition coefficient (Wildman–Crippen LogP) is 5.97. The van der Waals surface area contributed by atoms with Crippen LogP contribution < -0.4 is 19.5 Å². The van der Waals surface area contributed by atoms with Gasteiger partial charge in [0.25, 0.3) is 0 Å². The maximum Gasteiger partial charge on any atom is 0.250 e. The van der Waals surface area contributed by atoms with Crippen LogP contribution in [0.5, 0.6) is 17.2 Å². The zero-order valence-corrected chi connectivity index (χ0v) is 20.8. The van der Waals surface area contributed by atoms with Crippen molar-refractivity contribution in [3.8, 4) is 40.2 Å². The molecular formula is C27H33N3O5. The van der Waals surface area contributed by atoms with Crippen LogP contribution in [0.1, 0.15) is 46.0 Å². The number of amides is 1. The standard InChI is InChI=1S/C27H33N3O5/c1-5-6-7-8-13-34-19-11-9-18(10-12-19)26-29-30-27(35-26)21-15-23(32-3)24(33-4)16-22(21)28-25(31)20-14-17(20)2/h9-12,15-17,20H,5-8,13-14H2,1-4H3,(H,28,31)/t17-,20-/m1/s1. The maximum atomic E-state index is 12.6. The third kappa shape index (κ3) is 5.93. The van der Waals surface area contributed by atoms with Crippen LogP contribution >= 0.6 is 0 Å². The number of aromatic nitrogens is 2. The average molecular weight is 480 g/mol. The number of hydrogen-bond acceptors (Lipinski definition) is 7. The van der Waals surface area contributed by atoms with Crippen molar-refractivity contribution in [2.75, 3.05) is 26.1 Å². The van der Waals surface area contributed by atoms with Gasteiger partial charge in [0.2, 0.25) is 17.7 Å². The van der Waals surface area contributed by atoms with Crippen molar-refractivity contribution in [1.29, 1.82) is 0 Å². The van der Waals surface area contributed by atoms with Crippen LogP contribution in [0, 0.1) is 11.8 Å². The molecule has 3 aromatic rings. The number of nitrogens with zero attached hydrogens (tertiary/aromatic N) is 2. The Morgan fingerprint density at radius 1 is 1.03 bits per heavy atom. The number of carbonyl (C=O) groups excluding carboxylic acids is 1. The van der Waals surface area contributed by atoms with Crippen LogP contribution in [-0.2, 0) is 4.79 Å². The molecule has 1 saturated carbocycles. The summed E-state index contributed by atoms with van der Waals surface area (Å²) in [5, 5.41) is 11.5. The Morgan fingerprint density at radius 2 is 1.71 bits per heavy atom. The predicted molar refractivity (Wildman–Crippen MR) is 134 cm³/mol. The summed E-state index contributed by atoms with van der Waals surface area (Å²) < 4.78 is 22.7. The monoisotopic (exact) mass is 479 g/mol. The minimum Gasteiger partial charge on any atom is -0.494 e. The Bertz CT molecular complexity index is 1140. The molecule has 0 unspecified atom stereocenters. The van der Waals surface area contributed by atoms with Gasteiger partial charge < -0.3 is 23.9 Å². The lowest BCUT2D eigenvalue weighted by molar-refractivity contribution is -0.117. The molecule has 2 aromatic carbocycles. The van der Waals surface area contributed by atoms with E-state index in [1.165, 1.54) is 19.3 Å². The number of benzene rings is 2.